The molecule has 0 radical (unpaired) electrons. The second kappa shape index (κ2) is 3.26. The van der Waals surface area contributed by atoms with Crippen molar-refractivity contribution in [2.45, 2.75) is 6.42 Å². The molecule has 0 saturated carbocycles. The van der Waals surface area contributed by atoms with Gasteiger partial charge in [0, 0.05) is 0 Å². The van der Waals surface area contributed by atoms with Crippen LogP contribution in [0.3, 0.4) is 0 Å². The fourth-order valence-corrected chi connectivity index (χ4v) is 1.39. The zero-order valence-corrected chi connectivity index (χ0v) is 6.58. The van der Waals surface area contributed by atoms with E-state index >= 15 is 0 Å². The highest BCUT2D eigenvalue weighted by Crippen LogP contribution is 2.20. The average molecular weight is 188 g/mol. The van der Waals surface area contributed by atoms with Crippen molar-refractivity contribution in [3.05, 3.63) is 20.5 Å². The molecule has 1 N–H and O–H groups in total. The maximum Gasteiger partial charge on any atom is 0.378 e. The predicted octanol–water partition coefficient (Wildman–Crippen LogP) is 0.678. The van der Waals surface area contributed by atoms with Crippen LogP contribution < -0.4 is 0 Å². The fourth-order valence-electron chi connectivity index (χ4n) is 0.672. The molecular weight excluding hydrogens is 184 g/mol. The third-order valence-electron chi connectivity index (χ3n) is 1.10. The summed E-state index contributed by atoms with van der Waals surface area (Å²) >= 11 is 0.973. The van der Waals surface area contributed by atoms with E-state index in [1.165, 1.54) is 5.51 Å². The average Bonchev–Trinajstić information content (AvgIpc) is 2.33. The number of nitro groups is 1. The van der Waals surface area contributed by atoms with Gasteiger partial charge in [0.2, 0.25) is 0 Å². The molecule has 0 aliphatic carbocycles. The Labute approximate surface area is 70.6 Å². The van der Waals surface area contributed by atoms with E-state index in [1.807, 2.05) is 0 Å². The minimum atomic E-state index is -1.10. The van der Waals surface area contributed by atoms with Crippen LogP contribution in [0.1, 0.15) is 4.88 Å². The summed E-state index contributed by atoms with van der Waals surface area (Å²) in [6.07, 6.45) is -0.346. The van der Waals surface area contributed by atoms with Gasteiger partial charge in [0.1, 0.15) is 4.88 Å². The van der Waals surface area contributed by atoms with Crippen molar-refractivity contribution in [3.8, 4) is 0 Å². The molecule has 7 heteroatoms. The van der Waals surface area contributed by atoms with Crippen molar-refractivity contribution in [1.82, 2.24) is 4.98 Å². The molecule has 6 nitrogen and oxygen atoms in total. The predicted molar refractivity (Wildman–Crippen MR) is 40.1 cm³/mol. The Hall–Kier alpha value is -1.50. The van der Waals surface area contributed by atoms with Crippen LogP contribution in [-0.2, 0) is 11.2 Å². The van der Waals surface area contributed by atoms with Gasteiger partial charge >= 0.3 is 11.8 Å². The Bertz CT molecular complexity index is 321. The van der Waals surface area contributed by atoms with E-state index in [1.54, 1.807) is 0 Å². The lowest BCUT2D eigenvalue weighted by atomic mass is 10.4. The van der Waals surface area contributed by atoms with Crippen molar-refractivity contribution < 1.29 is 14.8 Å². The van der Waals surface area contributed by atoms with Crippen LogP contribution in [-0.4, -0.2) is 21.0 Å². The molecule has 0 spiro atoms. The standard InChI is InChI=1S/C5H4N2O4S/c8-4(9)1-3-5(7(10)11)6-2-12-3/h2H,1H2,(H,8,9). The van der Waals surface area contributed by atoms with Crippen LogP contribution in [0.4, 0.5) is 5.82 Å². The molecule has 0 atom stereocenters. The molecule has 1 aromatic rings. The molecule has 0 bridgehead atoms. The Morgan fingerprint density at radius 3 is 3.00 bits per heavy atom. The van der Waals surface area contributed by atoms with Gasteiger partial charge in [-0.3, -0.25) is 4.79 Å². The van der Waals surface area contributed by atoms with Gasteiger partial charge in [-0.1, -0.05) is 11.3 Å². The molecule has 1 aromatic heterocycles. The molecule has 1 heterocycles. The summed E-state index contributed by atoms with van der Waals surface area (Å²) in [4.78, 5) is 23.3. The maximum atomic E-state index is 10.2. The Kier molecular flexibility index (Phi) is 2.34. The number of rotatable bonds is 3. The number of carboxylic acids is 1. The number of aliphatic carboxylic acids is 1. The highest BCUT2D eigenvalue weighted by molar-refractivity contribution is 7.10. The normalized spacial score (nSPS) is 9.67. The van der Waals surface area contributed by atoms with Gasteiger partial charge in [0.05, 0.1) is 6.42 Å². The first-order chi connectivity index (χ1) is 5.61. The molecule has 0 amide bonds. The maximum absolute atomic E-state index is 10.2. The molecule has 12 heavy (non-hydrogen) atoms. The quantitative estimate of drug-likeness (QED) is 0.556. The van der Waals surface area contributed by atoms with E-state index in [-0.39, 0.29) is 17.1 Å². The lowest BCUT2D eigenvalue weighted by molar-refractivity contribution is -0.389. The summed E-state index contributed by atoms with van der Waals surface area (Å²) in [7, 11) is 0. The van der Waals surface area contributed by atoms with Gasteiger partial charge < -0.3 is 15.2 Å². The SMILES string of the molecule is O=C(O)Cc1scnc1[N+](=O)[O-]. The Balaban J connectivity index is 2.91. The lowest BCUT2D eigenvalue weighted by Gasteiger charge is -1.90. The number of thiazole rings is 1. The van der Waals surface area contributed by atoms with E-state index in [0.29, 0.717) is 0 Å². The summed E-state index contributed by atoms with van der Waals surface area (Å²) in [5.74, 6) is -1.45. The molecule has 0 aliphatic heterocycles. The van der Waals surface area contributed by atoms with Crippen LogP contribution in [0.25, 0.3) is 0 Å². The van der Waals surface area contributed by atoms with Crippen LogP contribution in [0.15, 0.2) is 5.51 Å². The van der Waals surface area contributed by atoms with Gasteiger partial charge in [0.25, 0.3) is 0 Å². The first-order valence-corrected chi connectivity index (χ1v) is 3.77. The molecule has 0 aliphatic rings. The van der Waals surface area contributed by atoms with Crippen LogP contribution >= 0.6 is 11.3 Å². The third-order valence-corrected chi connectivity index (χ3v) is 1.93. The van der Waals surface area contributed by atoms with E-state index in [0.717, 1.165) is 11.3 Å². The Morgan fingerprint density at radius 2 is 2.50 bits per heavy atom. The van der Waals surface area contributed by atoms with Crippen LogP contribution in [0.5, 0.6) is 0 Å². The third kappa shape index (κ3) is 1.76. The second-order valence-electron chi connectivity index (χ2n) is 1.93. The number of hydrogen-bond acceptors (Lipinski definition) is 5. The summed E-state index contributed by atoms with van der Waals surface area (Å²) in [6.45, 7) is 0. The minimum Gasteiger partial charge on any atom is -0.481 e. The van der Waals surface area contributed by atoms with Crippen LogP contribution in [0, 0.1) is 10.1 Å². The van der Waals surface area contributed by atoms with E-state index in [9.17, 15) is 14.9 Å². The lowest BCUT2D eigenvalue weighted by Crippen LogP contribution is -2.01. The summed E-state index contributed by atoms with van der Waals surface area (Å²) < 4.78 is 0. The number of carboxylic acid groups (broad SMARTS) is 1. The fraction of sp³-hybridized carbons (Fsp3) is 0.200. The van der Waals surface area contributed by atoms with Crippen molar-refractivity contribution in [2.24, 2.45) is 0 Å². The highest BCUT2D eigenvalue weighted by Gasteiger charge is 2.19. The largest absolute Gasteiger partial charge is 0.481 e. The van der Waals surface area contributed by atoms with Crippen molar-refractivity contribution in [2.75, 3.05) is 0 Å². The van der Waals surface area contributed by atoms with E-state index in [4.69, 9.17) is 5.11 Å². The van der Waals surface area contributed by atoms with Gasteiger partial charge in [-0.15, -0.1) is 0 Å². The van der Waals surface area contributed by atoms with Gasteiger partial charge in [-0.25, -0.2) is 0 Å². The van der Waals surface area contributed by atoms with Gasteiger partial charge in [0.15, 0.2) is 5.51 Å². The van der Waals surface area contributed by atoms with Gasteiger partial charge in [-0.05, 0) is 9.91 Å². The summed E-state index contributed by atoms with van der Waals surface area (Å²) in [6, 6.07) is 0. The number of carbonyl (C=O) groups is 1. The van der Waals surface area contributed by atoms with Crippen molar-refractivity contribution in [3.63, 3.8) is 0 Å². The second-order valence-corrected chi connectivity index (χ2v) is 2.87. The van der Waals surface area contributed by atoms with Gasteiger partial charge in [-0.2, -0.15) is 0 Å². The van der Waals surface area contributed by atoms with Crippen LogP contribution in [0.2, 0.25) is 0 Å². The van der Waals surface area contributed by atoms with Crippen molar-refractivity contribution in [1.29, 1.82) is 0 Å². The smallest absolute Gasteiger partial charge is 0.378 e. The topological polar surface area (TPSA) is 93.3 Å². The first-order valence-electron chi connectivity index (χ1n) is 2.90. The summed E-state index contributed by atoms with van der Waals surface area (Å²) in [5, 5.41) is 18.6. The monoisotopic (exact) mass is 188 g/mol. The molecular formula is C5H4N2O4S. The Morgan fingerprint density at radius 1 is 1.83 bits per heavy atom. The molecule has 0 fully saturated rings. The number of nitrogens with zero attached hydrogens (tertiary/aromatic N) is 2. The van der Waals surface area contributed by atoms with E-state index in [2.05, 4.69) is 4.98 Å². The molecule has 0 saturated heterocycles. The number of hydrogen-bond donors (Lipinski definition) is 1. The molecule has 0 unspecified atom stereocenters. The highest BCUT2D eigenvalue weighted by atomic mass is 32.1. The zero-order valence-electron chi connectivity index (χ0n) is 5.76. The summed E-state index contributed by atoms with van der Waals surface area (Å²) in [5.41, 5.74) is 1.26. The molecule has 64 valence electrons. The molecule has 1 rings (SSSR count). The zero-order chi connectivity index (χ0) is 9.14. The first kappa shape index (κ1) is 8.60. The van der Waals surface area contributed by atoms with Crippen molar-refractivity contribution >= 4 is 23.1 Å². The molecule has 0 aromatic carbocycles. The van der Waals surface area contributed by atoms with E-state index < -0.39 is 10.9 Å². The minimum absolute atomic E-state index is 0.174. The number of aromatic nitrogens is 1.